The maximum atomic E-state index is 13.7. The Labute approximate surface area is 106 Å². The van der Waals surface area contributed by atoms with Gasteiger partial charge in [0.2, 0.25) is 5.91 Å². The Morgan fingerprint density at radius 3 is 2.89 bits per heavy atom. The van der Waals surface area contributed by atoms with E-state index in [-0.39, 0.29) is 29.8 Å². The average molecular weight is 248 g/mol. The van der Waals surface area contributed by atoms with Gasteiger partial charge in [-0.1, -0.05) is 18.2 Å². The third kappa shape index (κ3) is 2.12. The minimum atomic E-state index is -0.169. The topological polar surface area (TPSA) is 41.1 Å². The van der Waals surface area contributed by atoms with Crippen LogP contribution in [0.25, 0.3) is 0 Å². The van der Waals surface area contributed by atoms with Gasteiger partial charge in [0, 0.05) is 30.1 Å². The highest BCUT2D eigenvalue weighted by Gasteiger charge is 2.37. The Morgan fingerprint density at radius 2 is 2.06 bits per heavy atom. The summed E-state index contributed by atoms with van der Waals surface area (Å²) in [6.45, 7) is 0. The number of hydrogen-bond donors (Lipinski definition) is 2. The molecule has 0 saturated carbocycles. The summed E-state index contributed by atoms with van der Waals surface area (Å²) in [5, 5.41) is 6.49. The lowest BCUT2D eigenvalue weighted by Crippen LogP contribution is -2.40. The summed E-state index contributed by atoms with van der Waals surface area (Å²) in [5.41, 5.74) is 0.708. The summed E-state index contributed by atoms with van der Waals surface area (Å²) in [4.78, 5) is 11.5. The predicted molar refractivity (Wildman–Crippen MR) is 66.5 cm³/mol. The van der Waals surface area contributed by atoms with E-state index in [1.807, 2.05) is 12.1 Å². The summed E-state index contributed by atoms with van der Waals surface area (Å²) < 4.78 is 13.7. The van der Waals surface area contributed by atoms with E-state index in [9.17, 15) is 9.18 Å². The van der Waals surface area contributed by atoms with Crippen molar-refractivity contribution in [1.29, 1.82) is 0 Å². The quantitative estimate of drug-likeness (QED) is 0.797. The van der Waals surface area contributed by atoms with Gasteiger partial charge in [-0.3, -0.25) is 4.79 Å². The Morgan fingerprint density at radius 1 is 1.22 bits per heavy atom. The number of nitrogens with one attached hydrogen (secondary N) is 2. The molecular weight excluding hydrogens is 231 g/mol. The first-order valence-electron chi connectivity index (χ1n) is 6.54. The largest absolute Gasteiger partial charge is 0.352 e. The van der Waals surface area contributed by atoms with Gasteiger partial charge >= 0.3 is 0 Å². The predicted octanol–water partition coefficient (Wildman–Crippen LogP) is 1.90. The summed E-state index contributed by atoms with van der Waals surface area (Å²) in [5.74, 6) is -0.0451. The lowest BCUT2D eigenvalue weighted by molar-refractivity contribution is -0.121. The summed E-state index contributed by atoms with van der Waals surface area (Å²) in [7, 11) is 0. The first-order chi connectivity index (χ1) is 8.74. The molecule has 2 N–H and O–H groups in total. The normalized spacial score (nSPS) is 31.6. The highest BCUT2D eigenvalue weighted by molar-refractivity contribution is 5.76. The van der Waals surface area contributed by atoms with Crippen molar-refractivity contribution in [3.05, 3.63) is 35.6 Å². The Bertz CT molecular complexity index is 463. The molecule has 3 rings (SSSR count). The lowest BCUT2D eigenvalue weighted by atomic mass is 10.0. The Hall–Kier alpha value is -1.42. The van der Waals surface area contributed by atoms with Gasteiger partial charge in [0.05, 0.1) is 0 Å². The van der Waals surface area contributed by atoms with Crippen molar-refractivity contribution in [2.45, 2.75) is 43.8 Å². The van der Waals surface area contributed by atoms with E-state index in [0.717, 1.165) is 19.3 Å². The minimum absolute atomic E-state index is 0.0135. The van der Waals surface area contributed by atoms with Crippen molar-refractivity contribution < 1.29 is 9.18 Å². The van der Waals surface area contributed by atoms with Crippen molar-refractivity contribution in [2.24, 2.45) is 0 Å². The summed E-state index contributed by atoms with van der Waals surface area (Å²) in [6.07, 6.45) is 3.27. The van der Waals surface area contributed by atoms with Crippen molar-refractivity contribution in [2.75, 3.05) is 0 Å². The number of amides is 1. The van der Waals surface area contributed by atoms with Crippen molar-refractivity contribution in [3.63, 3.8) is 0 Å². The van der Waals surface area contributed by atoms with Crippen LogP contribution >= 0.6 is 0 Å². The molecule has 2 aliphatic rings. The van der Waals surface area contributed by atoms with Gasteiger partial charge in [0.1, 0.15) is 5.82 Å². The highest BCUT2D eigenvalue weighted by atomic mass is 19.1. The number of carbonyl (C=O) groups excluding carboxylic acids is 1. The van der Waals surface area contributed by atoms with E-state index in [1.54, 1.807) is 6.07 Å². The fraction of sp³-hybridized carbons (Fsp3) is 0.500. The fourth-order valence-electron chi connectivity index (χ4n) is 3.04. The zero-order valence-corrected chi connectivity index (χ0v) is 10.2. The van der Waals surface area contributed by atoms with Crippen LogP contribution in [0, 0.1) is 5.82 Å². The molecule has 0 aromatic heterocycles. The lowest BCUT2D eigenvalue weighted by Gasteiger charge is -2.16. The highest BCUT2D eigenvalue weighted by Crippen LogP contribution is 2.31. The molecular formula is C14H17FN2O. The van der Waals surface area contributed by atoms with Crippen LogP contribution in [-0.4, -0.2) is 18.0 Å². The zero-order chi connectivity index (χ0) is 12.5. The van der Waals surface area contributed by atoms with Crippen LogP contribution in [0.3, 0.4) is 0 Å². The summed E-state index contributed by atoms with van der Waals surface area (Å²) >= 11 is 0. The number of rotatable bonds is 1. The molecule has 2 heterocycles. The molecule has 0 spiro atoms. The van der Waals surface area contributed by atoms with Crippen LogP contribution in [0.5, 0.6) is 0 Å². The third-order valence-electron chi connectivity index (χ3n) is 3.94. The second-order valence-corrected chi connectivity index (χ2v) is 5.15. The molecule has 96 valence electrons. The smallest absolute Gasteiger partial charge is 0.220 e. The van der Waals surface area contributed by atoms with E-state index in [4.69, 9.17) is 0 Å². The molecule has 2 saturated heterocycles. The van der Waals surface area contributed by atoms with Crippen LogP contribution in [-0.2, 0) is 4.79 Å². The van der Waals surface area contributed by atoms with Crippen LogP contribution in [0.4, 0.5) is 4.39 Å². The number of fused-ring (bicyclic) bond motifs is 1. The molecule has 1 amide bonds. The monoisotopic (exact) mass is 248 g/mol. The van der Waals surface area contributed by atoms with Gasteiger partial charge in [0.25, 0.3) is 0 Å². The van der Waals surface area contributed by atoms with Crippen LogP contribution in [0.2, 0.25) is 0 Å². The molecule has 0 bridgehead atoms. The molecule has 0 aliphatic carbocycles. The molecule has 0 radical (unpaired) electrons. The molecule has 1 aromatic carbocycles. The van der Waals surface area contributed by atoms with Crippen molar-refractivity contribution in [3.8, 4) is 0 Å². The van der Waals surface area contributed by atoms with E-state index < -0.39 is 0 Å². The molecule has 4 heteroatoms. The molecule has 1 aromatic rings. The molecule has 2 aliphatic heterocycles. The molecule has 18 heavy (non-hydrogen) atoms. The number of halogens is 1. The second-order valence-electron chi connectivity index (χ2n) is 5.15. The minimum Gasteiger partial charge on any atom is -0.352 e. The Balaban J connectivity index is 1.79. The standard InChI is InChI=1S/C14H17FN2O/c15-10-5-2-1-4-9(10)12-8-13-11(16-12)6-3-7-14(18)17-13/h1-2,4-5,11-13,16H,3,6-8H2,(H,17,18). The van der Waals surface area contributed by atoms with Gasteiger partial charge in [-0.15, -0.1) is 0 Å². The zero-order valence-electron chi connectivity index (χ0n) is 10.2. The first kappa shape index (κ1) is 11.7. The number of benzene rings is 1. The van der Waals surface area contributed by atoms with E-state index in [2.05, 4.69) is 10.6 Å². The van der Waals surface area contributed by atoms with E-state index in [1.165, 1.54) is 6.07 Å². The maximum absolute atomic E-state index is 13.7. The molecule has 3 atom stereocenters. The average Bonchev–Trinajstić information content (AvgIpc) is 2.65. The third-order valence-corrected chi connectivity index (χ3v) is 3.94. The molecule has 3 nitrogen and oxygen atoms in total. The van der Waals surface area contributed by atoms with Gasteiger partial charge < -0.3 is 10.6 Å². The summed E-state index contributed by atoms with van der Waals surface area (Å²) in [6, 6.07) is 7.30. The number of carbonyl (C=O) groups is 1. The van der Waals surface area contributed by atoms with Crippen molar-refractivity contribution >= 4 is 5.91 Å². The van der Waals surface area contributed by atoms with Gasteiger partial charge in [-0.25, -0.2) is 4.39 Å². The van der Waals surface area contributed by atoms with E-state index >= 15 is 0 Å². The van der Waals surface area contributed by atoms with Crippen LogP contribution < -0.4 is 10.6 Å². The van der Waals surface area contributed by atoms with Crippen molar-refractivity contribution in [1.82, 2.24) is 10.6 Å². The SMILES string of the molecule is O=C1CCCC2NC(c3ccccc3F)CC2N1. The molecule has 2 fully saturated rings. The van der Waals surface area contributed by atoms with Gasteiger partial charge in [-0.2, -0.15) is 0 Å². The van der Waals surface area contributed by atoms with E-state index in [0.29, 0.717) is 12.0 Å². The van der Waals surface area contributed by atoms with Crippen LogP contribution in [0.1, 0.15) is 37.3 Å². The van der Waals surface area contributed by atoms with Crippen LogP contribution in [0.15, 0.2) is 24.3 Å². The number of hydrogen-bond acceptors (Lipinski definition) is 2. The molecule has 3 unspecified atom stereocenters. The fourth-order valence-corrected chi connectivity index (χ4v) is 3.04. The Kier molecular flexibility index (Phi) is 3.04. The first-order valence-corrected chi connectivity index (χ1v) is 6.54. The van der Waals surface area contributed by atoms with Gasteiger partial charge in [-0.05, 0) is 25.3 Å². The van der Waals surface area contributed by atoms with Gasteiger partial charge in [0.15, 0.2) is 0 Å². The second kappa shape index (κ2) is 4.69. The maximum Gasteiger partial charge on any atom is 0.220 e.